The zero-order valence-electron chi connectivity index (χ0n) is 13.3. The first-order chi connectivity index (χ1) is 10.9. The van der Waals surface area contributed by atoms with Crippen LogP contribution in [0, 0.1) is 0 Å². The fraction of sp³-hybridized carbons (Fsp3) is 0.333. The van der Waals surface area contributed by atoms with Crippen LogP contribution in [-0.4, -0.2) is 17.3 Å². The highest BCUT2D eigenvalue weighted by molar-refractivity contribution is 6.35. The van der Waals surface area contributed by atoms with Crippen LogP contribution in [0.3, 0.4) is 0 Å². The van der Waals surface area contributed by atoms with Crippen LogP contribution < -0.4 is 10.1 Å². The normalized spacial score (nSPS) is 11.5. The first-order valence-corrected chi connectivity index (χ1v) is 8.17. The van der Waals surface area contributed by atoms with E-state index in [-0.39, 0.29) is 12.1 Å². The summed E-state index contributed by atoms with van der Waals surface area (Å²) in [6.07, 6.45) is 0. The summed E-state index contributed by atoms with van der Waals surface area (Å²) in [5, 5.41) is 13.8. The number of benzene rings is 2. The molecule has 2 aromatic rings. The van der Waals surface area contributed by atoms with Gasteiger partial charge in [-0.2, -0.15) is 0 Å². The standard InChI is InChI=1S/C18H21Cl2NO2/c1-18(2,12-22)21-10-13-5-3-6-14(9-13)23-11-15-16(19)7-4-8-17(15)20/h3-9,21-22H,10-12H2,1-2H3. The molecule has 0 heterocycles. The molecule has 0 spiro atoms. The zero-order chi connectivity index (χ0) is 16.9. The van der Waals surface area contributed by atoms with Gasteiger partial charge in [-0.15, -0.1) is 0 Å². The summed E-state index contributed by atoms with van der Waals surface area (Å²) in [6, 6.07) is 13.2. The van der Waals surface area contributed by atoms with E-state index in [0.29, 0.717) is 23.2 Å². The smallest absolute Gasteiger partial charge is 0.120 e. The Hall–Kier alpha value is -1.26. The van der Waals surface area contributed by atoms with E-state index in [0.717, 1.165) is 16.9 Å². The van der Waals surface area contributed by atoms with Crippen LogP contribution in [0.1, 0.15) is 25.0 Å². The Kier molecular flexibility index (Phi) is 6.31. The Bertz CT molecular complexity index is 639. The van der Waals surface area contributed by atoms with E-state index in [1.807, 2.05) is 44.2 Å². The number of nitrogens with one attached hydrogen (secondary N) is 1. The molecule has 2 rings (SSSR count). The third-order valence-corrected chi connectivity index (χ3v) is 4.22. The van der Waals surface area contributed by atoms with Crippen LogP contribution in [0.4, 0.5) is 0 Å². The monoisotopic (exact) mass is 353 g/mol. The van der Waals surface area contributed by atoms with E-state index < -0.39 is 0 Å². The van der Waals surface area contributed by atoms with E-state index in [1.165, 1.54) is 0 Å². The third-order valence-electron chi connectivity index (χ3n) is 3.51. The van der Waals surface area contributed by atoms with Crippen molar-refractivity contribution in [2.24, 2.45) is 0 Å². The summed E-state index contributed by atoms with van der Waals surface area (Å²) in [5.41, 5.74) is 1.54. The number of hydrogen-bond donors (Lipinski definition) is 2. The van der Waals surface area contributed by atoms with Crippen molar-refractivity contribution in [1.29, 1.82) is 0 Å². The Morgan fingerprint density at radius 2 is 1.74 bits per heavy atom. The summed E-state index contributed by atoms with van der Waals surface area (Å²) in [4.78, 5) is 0. The van der Waals surface area contributed by atoms with Crippen LogP contribution in [0.2, 0.25) is 10.0 Å². The van der Waals surface area contributed by atoms with Gasteiger partial charge in [0.15, 0.2) is 0 Å². The Labute approximate surface area is 147 Å². The average Bonchev–Trinajstić information content (AvgIpc) is 2.53. The second-order valence-electron chi connectivity index (χ2n) is 6.03. The summed E-state index contributed by atoms with van der Waals surface area (Å²) in [6.45, 7) is 4.95. The van der Waals surface area contributed by atoms with Crippen molar-refractivity contribution >= 4 is 23.2 Å². The lowest BCUT2D eigenvalue weighted by Gasteiger charge is -2.23. The maximum Gasteiger partial charge on any atom is 0.120 e. The van der Waals surface area contributed by atoms with Gasteiger partial charge in [0, 0.05) is 27.7 Å². The van der Waals surface area contributed by atoms with E-state index in [1.54, 1.807) is 12.1 Å². The fourth-order valence-electron chi connectivity index (χ4n) is 1.97. The van der Waals surface area contributed by atoms with Gasteiger partial charge in [-0.1, -0.05) is 41.4 Å². The van der Waals surface area contributed by atoms with Gasteiger partial charge < -0.3 is 15.2 Å². The highest BCUT2D eigenvalue weighted by atomic mass is 35.5. The molecule has 3 nitrogen and oxygen atoms in total. The molecule has 0 atom stereocenters. The van der Waals surface area contributed by atoms with Crippen molar-refractivity contribution in [2.45, 2.75) is 32.5 Å². The Morgan fingerprint density at radius 3 is 2.39 bits per heavy atom. The second-order valence-corrected chi connectivity index (χ2v) is 6.85. The number of aliphatic hydroxyl groups is 1. The van der Waals surface area contributed by atoms with Crippen molar-refractivity contribution in [3.8, 4) is 5.75 Å². The molecule has 0 unspecified atom stereocenters. The van der Waals surface area contributed by atoms with Crippen LogP contribution in [0.25, 0.3) is 0 Å². The van der Waals surface area contributed by atoms with E-state index in [2.05, 4.69) is 5.32 Å². The number of ether oxygens (including phenoxy) is 1. The van der Waals surface area contributed by atoms with E-state index >= 15 is 0 Å². The minimum atomic E-state index is -0.318. The number of hydrogen-bond acceptors (Lipinski definition) is 3. The predicted octanol–water partition coefficient (Wildman–Crippen LogP) is 4.43. The fourth-order valence-corrected chi connectivity index (χ4v) is 2.47. The van der Waals surface area contributed by atoms with Crippen molar-refractivity contribution in [3.63, 3.8) is 0 Å². The first-order valence-electron chi connectivity index (χ1n) is 7.42. The van der Waals surface area contributed by atoms with Gasteiger partial charge in [-0.3, -0.25) is 0 Å². The molecule has 0 aromatic heterocycles. The summed E-state index contributed by atoms with van der Waals surface area (Å²) in [5.74, 6) is 0.752. The molecule has 124 valence electrons. The van der Waals surface area contributed by atoms with Crippen molar-refractivity contribution < 1.29 is 9.84 Å². The molecule has 0 radical (unpaired) electrons. The van der Waals surface area contributed by atoms with Crippen LogP contribution >= 0.6 is 23.2 Å². The number of rotatable bonds is 7. The quantitative estimate of drug-likeness (QED) is 0.773. The van der Waals surface area contributed by atoms with Gasteiger partial charge >= 0.3 is 0 Å². The lowest BCUT2D eigenvalue weighted by Crippen LogP contribution is -2.42. The molecule has 23 heavy (non-hydrogen) atoms. The van der Waals surface area contributed by atoms with E-state index in [9.17, 15) is 5.11 Å². The van der Waals surface area contributed by atoms with Gasteiger partial charge in [0.05, 0.1) is 6.61 Å². The minimum Gasteiger partial charge on any atom is -0.489 e. The van der Waals surface area contributed by atoms with Gasteiger partial charge in [0.1, 0.15) is 12.4 Å². The first kappa shape index (κ1) is 18.1. The second kappa shape index (κ2) is 8.02. The Balaban J connectivity index is 2.00. The average molecular weight is 354 g/mol. The molecule has 2 aromatic carbocycles. The molecule has 0 aliphatic rings. The van der Waals surface area contributed by atoms with Crippen LogP contribution in [0.5, 0.6) is 5.75 Å². The molecule has 0 saturated carbocycles. The van der Waals surface area contributed by atoms with Crippen LogP contribution in [0.15, 0.2) is 42.5 Å². The highest BCUT2D eigenvalue weighted by Crippen LogP contribution is 2.26. The van der Waals surface area contributed by atoms with Gasteiger partial charge in [-0.05, 0) is 43.7 Å². The number of aliphatic hydroxyl groups excluding tert-OH is 1. The molecule has 0 bridgehead atoms. The zero-order valence-corrected chi connectivity index (χ0v) is 14.8. The minimum absolute atomic E-state index is 0.0776. The topological polar surface area (TPSA) is 41.5 Å². The molecule has 0 aliphatic carbocycles. The largest absolute Gasteiger partial charge is 0.489 e. The molecular weight excluding hydrogens is 333 g/mol. The van der Waals surface area contributed by atoms with Crippen molar-refractivity contribution in [3.05, 3.63) is 63.6 Å². The molecule has 0 saturated heterocycles. The van der Waals surface area contributed by atoms with Crippen LogP contribution in [-0.2, 0) is 13.2 Å². The Morgan fingerprint density at radius 1 is 1.09 bits per heavy atom. The lowest BCUT2D eigenvalue weighted by molar-refractivity contribution is 0.187. The molecule has 0 fully saturated rings. The molecule has 0 aliphatic heterocycles. The summed E-state index contributed by atoms with van der Waals surface area (Å²) < 4.78 is 5.81. The van der Waals surface area contributed by atoms with Gasteiger partial charge in [0.25, 0.3) is 0 Å². The lowest BCUT2D eigenvalue weighted by atomic mass is 10.1. The highest BCUT2D eigenvalue weighted by Gasteiger charge is 2.14. The van der Waals surface area contributed by atoms with Gasteiger partial charge in [0.2, 0.25) is 0 Å². The molecular formula is C18H21Cl2NO2. The maximum atomic E-state index is 9.28. The third kappa shape index (κ3) is 5.40. The van der Waals surface area contributed by atoms with Crippen molar-refractivity contribution in [1.82, 2.24) is 5.32 Å². The summed E-state index contributed by atoms with van der Waals surface area (Å²) in [7, 11) is 0. The maximum absolute atomic E-state index is 9.28. The summed E-state index contributed by atoms with van der Waals surface area (Å²) >= 11 is 12.3. The van der Waals surface area contributed by atoms with Gasteiger partial charge in [-0.25, -0.2) is 0 Å². The van der Waals surface area contributed by atoms with Crippen molar-refractivity contribution in [2.75, 3.05) is 6.61 Å². The number of halogens is 2. The molecule has 2 N–H and O–H groups in total. The molecule has 5 heteroatoms. The van der Waals surface area contributed by atoms with E-state index in [4.69, 9.17) is 27.9 Å². The molecule has 0 amide bonds. The SMILES string of the molecule is CC(C)(CO)NCc1cccc(OCc2c(Cl)cccc2Cl)c1. The predicted molar refractivity (Wildman–Crippen MR) is 95.2 cm³/mol.